The second kappa shape index (κ2) is 12.2. The molecule has 0 saturated heterocycles. The third-order valence-corrected chi connectivity index (χ3v) is 4.76. The molecule has 1 aromatic heterocycles. The predicted octanol–water partition coefficient (Wildman–Crippen LogP) is 5.81. The number of esters is 2. The van der Waals surface area contributed by atoms with Crippen LogP contribution in [0.1, 0.15) is 76.0 Å². The van der Waals surface area contributed by atoms with Crippen molar-refractivity contribution in [2.75, 3.05) is 11.5 Å². The van der Waals surface area contributed by atoms with Gasteiger partial charge < -0.3 is 14.4 Å². The molecular weight excluding hydrogens is 416 g/mol. The molecule has 33 heavy (non-hydrogen) atoms. The van der Waals surface area contributed by atoms with Crippen molar-refractivity contribution in [3.8, 4) is 0 Å². The summed E-state index contributed by atoms with van der Waals surface area (Å²) in [4.78, 5) is 31.8. The second-order valence-electron chi connectivity index (χ2n) is 9.17. The Balaban J connectivity index is 2.38. The van der Waals surface area contributed by atoms with Crippen LogP contribution in [0.4, 0.5) is 5.82 Å². The van der Waals surface area contributed by atoms with Crippen LogP contribution in [0.25, 0.3) is 6.08 Å². The number of anilines is 1. The van der Waals surface area contributed by atoms with Crippen LogP contribution in [0.5, 0.6) is 0 Å². The number of rotatable bonds is 10. The number of unbranched alkanes of at least 4 members (excludes halogenated alkanes) is 1. The monoisotopic (exact) mass is 452 g/mol. The number of pyridine rings is 1. The molecule has 0 radical (unpaired) electrons. The molecule has 178 valence electrons. The first-order valence-electron chi connectivity index (χ1n) is 11.5. The molecule has 0 spiro atoms. The topological polar surface area (TPSA) is 68.7 Å². The van der Waals surface area contributed by atoms with Gasteiger partial charge in [-0.2, -0.15) is 0 Å². The van der Waals surface area contributed by atoms with E-state index >= 15 is 0 Å². The van der Waals surface area contributed by atoms with Crippen molar-refractivity contribution < 1.29 is 19.1 Å². The first-order valence-corrected chi connectivity index (χ1v) is 11.5. The molecule has 0 N–H and O–H groups in total. The predicted molar refractivity (Wildman–Crippen MR) is 132 cm³/mol. The van der Waals surface area contributed by atoms with E-state index in [2.05, 4.69) is 35.9 Å². The average molecular weight is 453 g/mol. The molecule has 1 heterocycles. The highest BCUT2D eigenvalue weighted by molar-refractivity contribution is 5.94. The third-order valence-electron chi connectivity index (χ3n) is 4.76. The normalized spacial score (nSPS) is 11.6. The van der Waals surface area contributed by atoms with Crippen LogP contribution in [-0.4, -0.2) is 35.2 Å². The van der Waals surface area contributed by atoms with Crippen molar-refractivity contribution >= 4 is 23.8 Å². The van der Waals surface area contributed by atoms with Crippen LogP contribution >= 0.6 is 0 Å². The lowest BCUT2D eigenvalue weighted by Gasteiger charge is -2.28. The van der Waals surface area contributed by atoms with E-state index < -0.39 is 17.5 Å². The zero-order valence-electron chi connectivity index (χ0n) is 20.6. The van der Waals surface area contributed by atoms with E-state index in [0.717, 1.165) is 18.4 Å². The Kier molecular flexibility index (Phi) is 9.64. The van der Waals surface area contributed by atoms with Crippen LogP contribution in [0.3, 0.4) is 0 Å². The number of nitrogens with zero attached hydrogens (tertiary/aromatic N) is 2. The Hall–Kier alpha value is -3.15. The molecule has 6 nitrogen and oxygen atoms in total. The summed E-state index contributed by atoms with van der Waals surface area (Å²) in [5.74, 6) is -0.312. The van der Waals surface area contributed by atoms with Gasteiger partial charge in [0.15, 0.2) is 5.69 Å². The molecule has 0 amide bonds. The average Bonchev–Trinajstić information content (AvgIpc) is 2.75. The quantitative estimate of drug-likeness (QED) is 0.257. The molecule has 0 saturated carbocycles. The van der Waals surface area contributed by atoms with E-state index in [1.54, 1.807) is 32.9 Å². The van der Waals surface area contributed by atoms with Crippen LogP contribution in [0, 0.1) is 0 Å². The van der Waals surface area contributed by atoms with E-state index in [1.807, 2.05) is 31.2 Å². The Morgan fingerprint density at radius 2 is 1.79 bits per heavy atom. The molecular formula is C27H36N2O4. The number of aromatic nitrogens is 1. The van der Waals surface area contributed by atoms with Crippen molar-refractivity contribution in [2.45, 2.75) is 72.6 Å². The van der Waals surface area contributed by atoms with Crippen LogP contribution in [-0.2, 0) is 20.8 Å². The second-order valence-corrected chi connectivity index (χ2v) is 9.17. The molecule has 2 aromatic rings. The smallest absolute Gasteiger partial charge is 0.357 e. The minimum atomic E-state index is -0.597. The van der Waals surface area contributed by atoms with E-state index in [0.29, 0.717) is 24.5 Å². The zero-order valence-corrected chi connectivity index (χ0v) is 20.6. The van der Waals surface area contributed by atoms with Gasteiger partial charge in [-0.3, -0.25) is 0 Å². The van der Waals surface area contributed by atoms with Gasteiger partial charge in [0, 0.05) is 24.2 Å². The van der Waals surface area contributed by atoms with Crippen LogP contribution < -0.4 is 4.90 Å². The maximum absolute atomic E-state index is 12.9. The van der Waals surface area contributed by atoms with Gasteiger partial charge in [0.25, 0.3) is 0 Å². The molecule has 0 aliphatic carbocycles. The van der Waals surface area contributed by atoms with Crippen molar-refractivity contribution in [3.05, 3.63) is 65.4 Å². The molecule has 0 bridgehead atoms. The largest absolute Gasteiger partial charge is 0.461 e. The number of hydrogen-bond acceptors (Lipinski definition) is 6. The summed E-state index contributed by atoms with van der Waals surface area (Å²) in [7, 11) is 0. The molecule has 0 unspecified atom stereocenters. The van der Waals surface area contributed by atoms with Gasteiger partial charge in [-0.15, -0.1) is 0 Å². The Labute approximate surface area is 197 Å². The lowest BCUT2D eigenvalue weighted by molar-refractivity contribution is -0.148. The lowest BCUT2D eigenvalue weighted by Crippen LogP contribution is -2.31. The number of carbonyl (C=O) groups excluding carboxylic acids is 2. The number of carbonyl (C=O) groups is 2. The first kappa shape index (κ1) is 26.1. The fourth-order valence-corrected chi connectivity index (χ4v) is 3.10. The summed E-state index contributed by atoms with van der Waals surface area (Å²) >= 11 is 0. The van der Waals surface area contributed by atoms with Crippen molar-refractivity contribution in [3.63, 3.8) is 0 Å². The lowest BCUT2D eigenvalue weighted by atomic mass is 10.1. The summed E-state index contributed by atoms with van der Waals surface area (Å²) in [6, 6.07) is 13.9. The highest BCUT2D eigenvalue weighted by Crippen LogP contribution is 2.22. The molecule has 0 fully saturated rings. The van der Waals surface area contributed by atoms with Crippen LogP contribution in [0.2, 0.25) is 0 Å². The molecule has 0 atom stereocenters. The number of benzene rings is 1. The maximum atomic E-state index is 12.9. The van der Waals surface area contributed by atoms with Gasteiger partial charge in [-0.25, -0.2) is 14.6 Å². The van der Waals surface area contributed by atoms with Gasteiger partial charge in [0.2, 0.25) is 0 Å². The Morgan fingerprint density at radius 1 is 1.09 bits per heavy atom. The minimum Gasteiger partial charge on any atom is -0.461 e. The summed E-state index contributed by atoms with van der Waals surface area (Å²) in [5.41, 5.74) is 1.24. The molecule has 6 heteroatoms. The van der Waals surface area contributed by atoms with Gasteiger partial charge in [-0.05, 0) is 64.8 Å². The highest BCUT2D eigenvalue weighted by Gasteiger charge is 2.20. The fourth-order valence-electron chi connectivity index (χ4n) is 3.10. The SMILES string of the molecule is CCCCOC(=O)c1nc(N(Cc2ccccc2)C(C)C)ccc1C=CC(=O)OC(C)(C)C. The highest BCUT2D eigenvalue weighted by atomic mass is 16.6. The van der Waals surface area contributed by atoms with Gasteiger partial charge in [0.05, 0.1) is 6.61 Å². The van der Waals surface area contributed by atoms with E-state index in [9.17, 15) is 9.59 Å². The molecule has 0 aliphatic heterocycles. The summed E-state index contributed by atoms with van der Waals surface area (Å²) < 4.78 is 10.8. The van der Waals surface area contributed by atoms with E-state index in [-0.39, 0.29) is 11.7 Å². The van der Waals surface area contributed by atoms with Crippen molar-refractivity contribution in [1.82, 2.24) is 4.98 Å². The first-order chi connectivity index (χ1) is 15.6. The zero-order chi connectivity index (χ0) is 24.4. The number of ether oxygens (including phenoxy) is 2. The molecule has 2 rings (SSSR count). The summed E-state index contributed by atoms with van der Waals surface area (Å²) in [5, 5.41) is 0. The molecule has 1 aromatic carbocycles. The Morgan fingerprint density at radius 3 is 2.39 bits per heavy atom. The van der Waals surface area contributed by atoms with Crippen molar-refractivity contribution in [1.29, 1.82) is 0 Å². The summed E-state index contributed by atoms with van der Waals surface area (Å²) in [6.45, 7) is 12.6. The van der Waals surface area contributed by atoms with Gasteiger partial charge in [0.1, 0.15) is 11.4 Å². The van der Waals surface area contributed by atoms with Gasteiger partial charge >= 0.3 is 11.9 Å². The third kappa shape index (κ3) is 8.72. The van der Waals surface area contributed by atoms with Crippen molar-refractivity contribution in [2.24, 2.45) is 0 Å². The summed E-state index contributed by atoms with van der Waals surface area (Å²) in [6.07, 6.45) is 4.57. The Bertz CT molecular complexity index is 946. The standard InChI is InChI=1S/C27H36N2O4/c1-7-8-18-32-26(31)25-22(15-17-24(30)33-27(4,5)6)14-16-23(28-25)29(20(2)3)19-21-12-10-9-11-13-21/h9-17,20H,7-8,18-19H2,1-6H3. The minimum absolute atomic E-state index is 0.157. The molecule has 0 aliphatic rings. The maximum Gasteiger partial charge on any atom is 0.357 e. The van der Waals surface area contributed by atoms with E-state index in [4.69, 9.17) is 9.47 Å². The fraction of sp³-hybridized carbons (Fsp3) is 0.444. The number of hydrogen-bond donors (Lipinski definition) is 0. The van der Waals surface area contributed by atoms with Crippen LogP contribution in [0.15, 0.2) is 48.5 Å². The van der Waals surface area contributed by atoms with E-state index in [1.165, 1.54) is 6.08 Å². The van der Waals surface area contributed by atoms with Gasteiger partial charge in [-0.1, -0.05) is 43.7 Å².